The van der Waals surface area contributed by atoms with E-state index in [1.54, 1.807) is 13.1 Å². The molecule has 8 heteroatoms. The molecule has 28 heavy (non-hydrogen) atoms. The van der Waals surface area contributed by atoms with E-state index in [2.05, 4.69) is 15.7 Å². The normalized spacial score (nSPS) is 10.5. The highest BCUT2D eigenvalue weighted by atomic mass is 32.1. The lowest BCUT2D eigenvalue weighted by Crippen LogP contribution is -2.29. The summed E-state index contributed by atoms with van der Waals surface area (Å²) in [5.74, 6) is -0.365. The molecule has 6 nitrogen and oxygen atoms in total. The predicted molar refractivity (Wildman–Crippen MR) is 117 cm³/mol. The third-order valence-corrected chi connectivity index (χ3v) is 5.39. The van der Waals surface area contributed by atoms with Crippen molar-refractivity contribution >= 4 is 39.6 Å². The zero-order valence-electron chi connectivity index (χ0n) is 15.8. The second-order valence-electron chi connectivity index (χ2n) is 5.89. The number of carbonyl (C=O) groups excluding carboxylic acids is 1. The van der Waals surface area contributed by atoms with Gasteiger partial charge in [0.05, 0.1) is 24.4 Å². The lowest BCUT2D eigenvalue weighted by molar-refractivity contribution is 0.0528. The Morgan fingerprint density at radius 3 is 2.75 bits per heavy atom. The van der Waals surface area contributed by atoms with Gasteiger partial charge in [-0.1, -0.05) is 30.3 Å². The van der Waals surface area contributed by atoms with Crippen LogP contribution in [-0.2, 0) is 17.8 Å². The number of esters is 1. The zero-order chi connectivity index (χ0) is 19.9. The Hall–Kier alpha value is -2.71. The molecule has 0 amide bonds. The molecule has 0 saturated carbocycles. The van der Waals surface area contributed by atoms with Crippen molar-refractivity contribution in [1.29, 1.82) is 0 Å². The Labute approximate surface area is 173 Å². The van der Waals surface area contributed by atoms with Crippen LogP contribution in [0.3, 0.4) is 0 Å². The van der Waals surface area contributed by atoms with E-state index in [4.69, 9.17) is 17.0 Å². The van der Waals surface area contributed by atoms with Crippen molar-refractivity contribution in [2.75, 3.05) is 11.9 Å². The number of aromatic nitrogens is 2. The molecule has 0 unspecified atom stereocenters. The lowest BCUT2D eigenvalue weighted by atomic mass is 10.1. The molecule has 2 heterocycles. The van der Waals surface area contributed by atoms with Crippen LogP contribution in [0.25, 0.3) is 10.4 Å². The fourth-order valence-electron chi connectivity index (χ4n) is 2.70. The van der Waals surface area contributed by atoms with Gasteiger partial charge in [0, 0.05) is 17.6 Å². The van der Waals surface area contributed by atoms with Crippen LogP contribution in [-0.4, -0.2) is 27.5 Å². The minimum atomic E-state index is -0.365. The van der Waals surface area contributed by atoms with Gasteiger partial charge in [0.2, 0.25) is 0 Å². The van der Waals surface area contributed by atoms with E-state index in [9.17, 15) is 4.79 Å². The van der Waals surface area contributed by atoms with Gasteiger partial charge in [-0.3, -0.25) is 4.68 Å². The third-order valence-electron chi connectivity index (χ3n) is 4.05. The highest BCUT2D eigenvalue weighted by molar-refractivity contribution is 7.80. The first kappa shape index (κ1) is 20.0. The number of anilines is 1. The third kappa shape index (κ3) is 4.76. The number of aryl methyl sites for hydroxylation is 1. The number of hydrogen-bond donors (Lipinski definition) is 2. The minimum absolute atomic E-state index is 0.318. The number of carbonyl (C=O) groups is 1. The summed E-state index contributed by atoms with van der Waals surface area (Å²) in [7, 11) is 0. The first-order valence-electron chi connectivity index (χ1n) is 9.04. The molecule has 0 aliphatic rings. The van der Waals surface area contributed by atoms with Crippen LogP contribution in [0.1, 0.15) is 29.9 Å². The molecule has 3 aromatic rings. The molecule has 1 aromatic carbocycles. The Morgan fingerprint density at radius 1 is 1.25 bits per heavy atom. The number of nitrogens with one attached hydrogen (secondary N) is 2. The van der Waals surface area contributed by atoms with Gasteiger partial charge in [-0.2, -0.15) is 5.10 Å². The number of thiophene rings is 1. The van der Waals surface area contributed by atoms with E-state index in [1.165, 1.54) is 11.3 Å². The molecule has 2 aromatic heterocycles. The quantitative estimate of drug-likeness (QED) is 0.444. The summed E-state index contributed by atoms with van der Waals surface area (Å²) >= 11 is 6.90. The number of nitrogens with zero attached hydrogens (tertiary/aromatic N) is 2. The topological polar surface area (TPSA) is 68.2 Å². The van der Waals surface area contributed by atoms with Crippen molar-refractivity contribution in [3.63, 3.8) is 0 Å². The molecule has 0 radical (unpaired) electrons. The maximum Gasteiger partial charge on any atom is 0.341 e. The number of thiocarbonyl (C=S) groups is 1. The highest BCUT2D eigenvalue weighted by Gasteiger charge is 2.19. The summed E-state index contributed by atoms with van der Waals surface area (Å²) in [5.41, 5.74) is 2.55. The summed E-state index contributed by atoms with van der Waals surface area (Å²) in [6.45, 7) is 5.49. The summed E-state index contributed by atoms with van der Waals surface area (Å²) in [4.78, 5) is 13.4. The summed E-state index contributed by atoms with van der Waals surface area (Å²) < 4.78 is 7.10. The number of rotatable bonds is 7. The molecule has 3 rings (SSSR count). The largest absolute Gasteiger partial charge is 0.462 e. The van der Waals surface area contributed by atoms with Crippen LogP contribution in [0.4, 0.5) is 5.00 Å². The van der Waals surface area contributed by atoms with Crippen LogP contribution >= 0.6 is 23.6 Å². The van der Waals surface area contributed by atoms with Crippen LogP contribution < -0.4 is 10.6 Å². The van der Waals surface area contributed by atoms with Gasteiger partial charge in [-0.25, -0.2) is 4.79 Å². The second-order valence-corrected chi connectivity index (χ2v) is 7.35. The van der Waals surface area contributed by atoms with E-state index in [1.807, 2.05) is 54.1 Å². The van der Waals surface area contributed by atoms with Gasteiger partial charge >= 0.3 is 5.97 Å². The number of benzene rings is 1. The summed E-state index contributed by atoms with van der Waals surface area (Å²) in [6.07, 6.45) is 1.77. The molecule has 0 atom stereocenters. The van der Waals surface area contributed by atoms with Crippen molar-refractivity contribution < 1.29 is 9.53 Å². The van der Waals surface area contributed by atoms with Gasteiger partial charge in [0.1, 0.15) is 5.00 Å². The van der Waals surface area contributed by atoms with Gasteiger partial charge in [-0.05, 0) is 43.8 Å². The Balaban J connectivity index is 1.76. The molecule has 0 saturated heterocycles. The highest BCUT2D eigenvalue weighted by Crippen LogP contribution is 2.35. The second kappa shape index (κ2) is 9.48. The number of ether oxygens (including phenoxy) is 1. The smallest absolute Gasteiger partial charge is 0.341 e. The lowest BCUT2D eigenvalue weighted by Gasteiger charge is -2.11. The van der Waals surface area contributed by atoms with Gasteiger partial charge < -0.3 is 15.4 Å². The molecule has 0 aliphatic carbocycles. The van der Waals surface area contributed by atoms with Crippen LogP contribution in [0.5, 0.6) is 0 Å². The molecule has 2 N–H and O–H groups in total. The van der Waals surface area contributed by atoms with E-state index >= 15 is 0 Å². The molecular formula is C20H22N4O2S2. The van der Waals surface area contributed by atoms with Crippen molar-refractivity contribution in [2.24, 2.45) is 0 Å². The Bertz CT molecular complexity index is 950. The molecule has 0 bridgehead atoms. The van der Waals surface area contributed by atoms with Crippen molar-refractivity contribution in [3.05, 3.63) is 59.9 Å². The van der Waals surface area contributed by atoms with Crippen molar-refractivity contribution in [3.8, 4) is 10.4 Å². The first-order valence-corrected chi connectivity index (χ1v) is 10.3. The zero-order valence-corrected chi connectivity index (χ0v) is 17.4. The van der Waals surface area contributed by atoms with E-state index in [-0.39, 0.29) is 5.97 Å². The van der Waals surface area contributed by atoms with E-state index in [0.717, 1.165) is 22.7 Å². The SMILES string of the molecule is CCOC(=O)c1cc(-c2ccccc2)sc1NC(=S)NCc1ccnn1CC. The van der Waals surface area contributed by atoms with Crippen molar-refractivity contribution in [2.45, 2.75) is 26.9 Å². The average Bonchev–Trinajstić information content (AvgIpc) is 3.34. The number of hydrogen-bond acceptors (Lipinski definition) is 5. The van der Waals surface area contributed by atoms with Crippen LogP contribution in [0.15, 0.2) is 48.7 Å². The average molecular weight is 415 g/mol. The van der Waals surface area contributed by atoms with Gasteiger partial charge in [0.25, 0.3) is 0 Å². The van der Waals surface area contributed by atoms with Crippen LogP contribution in [0, 0.1) is 0 Å². The monoisotopic (exact) mass is 414 g/mol. The summed E-state index contributed by atoms with van der Waals surface area (Å²) in [6, 6.07) is 13.7. The first-order chi connectivity index (χ1) is 13.6. The van der Waals surface area contributed by atoms with Crippen LogP contribution in [0.2, 0.25) is 0 Å². The summed E-state index contributed by atoms with van der Waals surface area (Å²) in [5, 5.41) is 11.7. The van der Waals surface area contributed by atoms with Gasteiger partial charge in [0.15, 0.2) is 5.11 Å². The maximum atomic E-state index is 12.4. The van der Waals surface area contributed by atoms with Gasteiger partial charge in [-0.15, -0.1) is 11.3 Å². The predicted octanol–water partition coefficient (Wildman–Crippen LogP) is 4.29. The molecule has 0 spiro atoms. The standard InChI is InChI=1S/C20H22N4O2S2/c1-3-24-15(10-11-22-24)13-21-20(27)23-18-16(19(25)26-4-2)12-17(28-18)14-8-6-5-7-9-14/h5-12H,3-4,13H2,1-2H3,(H2,21,23,27). The Morgan fingerprint density at radius 2 is 2.04 bits per heavy atom. The molecule has 0 fully saturated rings. The van der Waals surface area contributed by atoms with E-state index in [0.29, 0.717) is 28.8 Å². The molecular weight excluding hydrogens is 392 g/mol. The fourth-order valence-corrected chi connectivity index (χ4v) is 4.00. The molecule has 146 valence electrons. The maximum absolute atomic E-state index is 12.4. The Kier molecular flexibility index (Phi) is 6.78. The van der Waals surface area contributed by atoms with Crippen molar-refractivity contribution in [1.82, 2.24) is 15.1 Å². The van der Waals surface area contributed by atoms with E-state index < -0.39 is 0 Å². The fraction of sp³-hybridized carbons (Fsp3) is 0.250. The molecule has 0 aliphatic heterocycles. The minimum Gasteiger partial charge on any atom is -0.462 e.